The monoisotopic (exact) mass is 274 g/mol. The molecule has 4 nitrogen and oxygen atoms in total. The van der Waals surface area contributed by atoms with E-state index in [1.54, 1.807) is 13.0 Å². The number of nitriles is 1. The highest BCUT2D eigenvalue weighted by molar-refractivity contribution is 5.59. The predicted molar refractivity (Wildman–Crippen MR) is 78.5 cm³/mol. The molecule has 0 aliphatic heterocycles. The van der Waals surface area contributed by atoms with Crippen LogP contribution in [0.1, 0.15) is 49.8 Å². The first-order valence-electron chi connectivity index (χ1n) is 7.27. The van der Waals surface area contributed by atoms with Gasteiger partial charge in [-0.25, -0.2) is 0 Å². The van der Waals surface area contributed by atoms with Crippen LogP contribution in [0.5, 0.6) is 0 Å². The number of rotatable bonds is 5. The number of aliphatic hydroxyl groups excluding tert-OH is 2. The normalized spacial score (nSPS) is 16.9. The first-order chi connectivity index (χ1) is 9.67. The summed E-state index contributed by atoms with van der Waals surface area (Å²) >= 11 is 0. The van der Waals surface area contributed by atoms with Crippen LogP contribution in [0.15, 0.2) is 18.2 Å². The maximum atomic E-state index is 9.96. The Balaban J connectivity index is 2.41. The summed E-state index contributed by atoms with van der Waals surface area (Å²) in [5.41, 5.74) is 2.30. The van der Waals surface area contributed by atoms with Crippen molar-refractivity contribution in [3.05, 3.63) is 29.3 Å². The Morgan fingerprint density at radius 1 is 1.40 bits per heavy atom. The van der Waals surface area contributed by atoms with Crippen LogP contribution < -0.4 is 4.90 Å². The van der Waals surface area contributed by atoms with Gasteiger partial charge >= 0.3 is 0 Å². The number of hydrogen-bond donors (Lipinski definition) is 2. The van der Waals surface area contributed by atoms with Crippen LogP contribution in [-0.4, -0.2) is 29.4 Å². The van der Waals surface area contributed by atoms with E-state index >= 15 is 0 Å². The van der Waals surface area contributed by atoms with E-state index in [2.05, 4.69) is 11.0 Å². The lowest BCUT2D eigenvalue weighted by atomic mass is 10.0. The fourth-order valence-corrected chi connectivity index (χ4v) is 3.04. The molecule has 0 saturated heterocycles. The average molecular weight is 274 g/mol. The Bertz CT molecular complexity index is 488. The minimum Gasteiger partial charge on any atom is -0.395 e. The van der Waals surface area contributed by atoms with Gasteiger partial charge < -0.3 is 15.1 Å². The summed E-state index contributed by atoms with van der Waals surface area (Å²) in [6.07, 6.45) is 4.04. The van der Waals surface area contributed by atoms with Crippen molar-refractivity contribution in [1.29, 1.82) is 5.26 Å². The lowest BCUT2D eigenvalue weighted by Crippen LogP contribution is -2.36. The molecule has 1 aliphatic rings. The minimum absolute atomic E-state index is 0.0759. The van der Waals surface area contributed by atoms with Gasteiger partial charge in [-0.1, -0.05) is 18.9 Å². The van der Waals surface area contributed by atoms with E-state index in [1.807, 2.05) is 12.1 Å². The molecule has 1 saturated carbocycles. The van der Waals surface area contributed by atoms with Crippen molar-refractivity contribution >= 4 is 5.69 Å². The fraction of sp³-hybridized carbons (Fsp3) is 0.562. The van der Waals surface area contributed by atoms with Gasteiger partial charge in [-0.15, -0.1) is 0 Å². The van der Waals surface area contributed by atoms with Crippen molar-refractivity contribution < 1.29 is 10.2 Å². The van der Waals surface area contributed by atoms with Crippen molar-refractivity contribution in [2.75, 3.05) is 18.1 Å². The van der Waals surface area contributed by atoms with E-state index in [0.717, 1.165) is 24.1 Å². The molecule has 2 N–H and O–H groups in total. The van der Waals surface area contributed by atoms with E-state index in [-0.39, 0.29) is 6.61 Å². The molecule has 0 heterocycles. The van der Waals surface area contributed by atoms with Crippen LogP contribution in [0.3, 0.4) is 0 Å². The number of anilines is 1. The zero-order valence-corrected chi connectivity index (χ0v) is 11.9. The number of hydrogen-bond acceptors (Lipinski definition) is 4. The number of benzene rings is 1. The second-order valence-corrected chi connectivity index (χ2v) is 5.42. The first-order valence-corrected chi connectivity index (χ1v) is 7.27. The highest BCUT2D eigenvalue weighted by atomic mass is 16.3. The van der Waals surface area contributed by atoms with E-state index in [4.69, 9.17) is 5.26 Å². The Morgan fingerprint density at radius 2 is 2.10 bits per heavy atom. The second kappa shape index (κ2) is 6.74. The molecule has 1 unspecified atom stereocenters. The second-order valence-electron chi connectivity index (χ2n) is 5.42. The molecule has 0 spiro atoms. The maximum Gasteiger partial charge on any atom is 0.0992 e. The maximum absolute atomic E-state index is 9.96. The summed E-state index contributed by atoms with van der Waals surface area (Å²) in [4.78, 5) is 2.16. The minimum atomic E-state index is -0.583. The SMILES string of the molecule is CC(O)c1ccc(C#N)cc1N(CCO)C1CCCC1. The molecule has 108 valence electrons. The Morgan fingerprint density at radius 3 is 2.65 bits per heavy atom. The van der Waals surface area contributed by atoms with Gasteiger partial charge in [0.2, 0.25) is 0 Å². The van der Waals surface area contributed by atoms with E-state index in [1.165, 1.54) is 12.8 Å². The van der Waals surface area contributed by atoms with E-state index in [0.29, 0.717) is 18.2 Å². The van der Waals surface area contributed by atoms with Gasteiger partial charge in [-0.2, -0.15) is 5.26 Å². The summed E-state index contributed by atoms with van der Waals surface area (Å²) in [5, 5.41) is 28.4. The van der Waals surface area contributed by atoms with Crippen molar-refractivity contribution in [2.45, 2.75) is 44.8 Å². The molecule has 1 fully saturated rings. The van der Waals surface area contributed by atoms with Crippen molar-refractivity contribution in [1.82, 2.24) is 0 Å². The molecular weight excluding hydrogens is 252 g/mol. The van der Waals surface area contributed by atoms with Gasteiger partial charge in [0.15, 0.2) is 0 Å². The highest BCUT2D eigenvalue weighted by Crippen LogP contribution is 2.33. The molecule has 1 aromatic rings. The zero-order valence-electron chi connectivity index (χ0n) is 11.9. The molecule has 0 aromatic heterocycles. The van der Waals surface area contributed by atoms with Crippen LogP contribution in [0.25, 0.3) is 0 Å². The first kappa shape index (κ1) is 14.8. The van der Waals surface area contributed by atoms with E-state index < -0.39 is 6.10 Å². The summed E-state index contributed by atoms with van der Waals surface area (Å²) in [5.74, 6) is 0. The molecule has 1 atom stereocenters. The van der Waals surface area contributed by atoms with E-state index in [9.17, 15) is 10.2 Å². The Hall–Kier alpha value is -1.57. The quantitative estimate of drug-likeness (QED) is 0.865. The molecule has 0 radical (unpaired) electrons. The molecule has 20 heavy (non-hydrogen) atoms. The number of aliphatic hydroxyl groups is 2. The van der Waals surface area contributed by atoms with Crippen molar-refractivity contribution in [3.8, 4) is 6.07 Å². The third-order valence-electron chi connectivity index (χ3n) is 4.03. The average Bonchev–Trinajstić information content (AvgIpc) is 2.97. The van der Waals surface area contributed by atoms with Crippen LogP contribution in [-0.2, 0) is 0 Å². The van der Waals surface area contributed by atoms with Gasteiger partial charge in [0.05, 0.1) is 24.3 Å². The summed E-state index contributed by atoms with van der Waals surface area (Å²) in [6.45, 7) is 2.35. The Labute approximate surface area is 120 Å². The van der Waals surface area contributed by atoms with Crippen molar-refractivity contribution in [2.24, 2.45) is 0 Å². The molecule has 0 bridgehead atoms. The van der Waals surface area contributed by atoms with Crippen molar-refractivity contribution in [3.63, 3.8) is 0 Å². The largest absolute Gasteiger partial charge is 0.395 e. The molecule has 1 aliphatic carbocycles. The third-order valence-corrected chi connectivity index (χ3v) is 4.03. The standard InChI is InChI=1S/C16H22N2O2/c1-12(20)15-7-6-13(11-17)10-16(15)18(8-9-19)14-4-2-3-5-14/h6-7,10,12,14,19-20H,2-5,8-9H2,1H3. The molecular formula is C16H22N2O2. The lowest BCUT2D eigenvalue weighted by Gasteiger charge is -2.33. The fourth-order valence-electron chi connectivity index (χ4n) is 3.04. The van der Waals surface area contributed by atoms with Crippen LogP contribution in [0.2, 0.25) is 0 Å². The molecule has 0 amide bonds. The van der Waals surface area contributed by atoms with Gasteiger partial charge in [-0.3, -0.25) is 0 Å². The van der Waals surface area contributed by atoms with Gasteiger partial charge in [0.25, 0.3) is 0 Å². The zero-order chi connectivity index (χ0) is 14.5. The summed E-state index contributed by atoms with van der Waals surface area (Å²) in [6, 6.07) is 7.93. The lowest BCUT2D eigenvalue weighted by molar-refractivity contribution is 0.199. The molecule has 1 aromatic carbocycles. The third kappa shape index (κ3) is 3.12. The molecule has 4 heteroatoms. The van der Waals surface area contributed by atoms with Gasteiger partial charge in [-0.05, 0) is 31.9 Å². The van der Waals surface area contributed by atoms with Gasteiger partial charge in [0.1, 0.15) is 0 Å². The van der Waals surface area contributed by atoms with Crippen LogP contribution >= 0.6 is 0 Å². The highest BCUT2D eigenvalue weighted by Gasteiger charge is 2.25. The van der Waals surface area contributed by atoms with Crippen LogP contribution in [0.4, 0.5) is 5.69 Å². The van der Waals surface area contributed by atoms with Gasteiger partial charge in [0, 0.05) is 23.8 Å². The van der Waals surface area contributed by atoms with Crippen LogP contribution in [0, 0.1) is 11.3 Å². The summed E-state index contributed by atoms with van der Waals surface area (Å²) in [7, 11) is 0. The predicted octanol–water partition coefficient (Wildman–Crippen LogP) is 2.35. The summed E-state index contributed by atoms with van der Waals surface area (Å²) < 4.78 is 0. The topological polar surface area (TPSA) is 67.5 Å². The molecule has 2 rings (SSSR count). The number of nitrogens with zero attached hydrogens (tertiary/aromatic N) is 2. The smallest absolute Gasteiger partial charge is 0.0992 e. The Kier molecular flexibility index (Phi) is 4.99.